The van der Waals surface area contributed by atoms with Gasteiger partial charge in [-0.05, 0) is 23.1 Å². The summed E-state index contributed by atoms with van der Waals surface area (Å²) < 4.78 is 22.3. The van der Waals surface area contributed by atoms with Gasteiger partial charge in [0.25, 0.3) is 5.08 Å². The van der Waals surface area contributed by atoms with E-state index < -0.39 is 31.4 Å². The van der Waals surface area contributed by atoms with Crippen molar-refractivity contribution in [2.75, 3.05) is 12.3 Å². The molecule has 0 radical (unpaired) electrons. The molecule has 12 heteroatoms. The molecule has 1 amide bonds. The predicted molar refractivity (Wildman–Crippen MR) is 143 cm³/mol. The highest BCUT2D eigenvalue weighted by atomic mass is 32.2. The van der Waals surface area contributed by atoms with Crippen molar-refractivity contribution in [2.24, 2.45) is 0 Å². The molecule has 0 saturated heterocycles. The highest BCUT2D eigenvalue weighted by Crippen LogP contribution is 2.69. The molecule has 0 aliphatic rings. The first-order chi connectivity index (χ1) is 17.4. The van der Waals surface area contributed by atoms with E-state index >= 15 is 0 Å². The van der Waals surface area contributed by atoms with Crippen LogP contribution in [0.1, 0.15) is 29.5 Å². The average Bonchev–Trinajstić information content (AvgIpc) is 2.87. The number of carbonyl (C=O) groups excluding carboxylic acids is 1. The lowest BCUT2D eigenvalue weighted by Gasteiger charge is -2.35. The molecule has 3 rings (SSSR count). The first-order valence-electron chi connectivity index (χ1n) is 11.3. The Labute approximate surface area is 219 Å². The van der Waals surface area contributed by atoms with Crippen molar-refractivity contribution in [1.82, 2.24) is 5.32 Å². The molecule has 0 fully saturated rings. The van der Waals surface area contributed by atoms with Crippen LogP contribution in [0.25, 0.3) is 0 Å². The second kappa shape index (κ2) is 12.1. The largest absolute Gasteiger partial charge is 0.369 e. The molecule has 6 N–H and O–H groups in total. The van der Waals surface area contributed by atoms with Gasteiger partial charge in [-0.1, -0.05) is 91.0 Å². The van der Waals surface area contributed by atoms with Crippen molar-refractivity contribution in [1.29, 1.82) is 0 Å². The lowest BCUT2D eigenvalue weighted by atomic mass is 9.84. The van der Waals surface area contributed by atoms with Crippen LogP contribution in [0.4, 0.5) is 0 Å². The number of nitrogens with one attached hydrogen (secondary N) is 1. The van der Waals surface area contributed by atoms with Crippen LogP contribution in [-0.2, 0) is 18.7 Å². The number of amides is 1. The molecule has 0 atom stereocenters. The fourth-order valence-corrected chi connectivity index (χ4v) is 7.62. The van der Waals surface area contributed by atoms with Crippen LogP contribution in [0.15, 0.2) is 91.0 Å². The Kier molecular flexibility index (Phi) is 9.56. The van der Waals surface area contributed by atoms with Gasteiger partial charge >= 0.3 is 15.2 Å². The van der Waals surface area contributed by atoms with E-state index in [-0.39, 0.29) is 24.6 Å². The zero-order valence-electron chi connectivity index (χ0n) is 19.8. The van der Waals surface area contributed by atoms with E-state index in [2.05, 4.69) is 5.32 Å². The molecule has 3 aromatic carbocycles. The van der Waals surface area contributed by atoms with E-state index in [0.29, 0.717) is 0 Å². The van der Waals surface area contributed by atoms with Crippen molar-refractivity contribution in [2.45, 2.75) is 22.7 Å². The van der Waals surface area contributed by atoms with E-state index in [1.807, 2.05) is 91.0 Å². The predicted octanol–water partition coefficient (Wildman–Crippen LogP) is 3.61. The fraction of sp³-hybridized carbons (Fsp3) is 0.240. The molecule has 0 bridgehead atoms. The van der Waals surface area contributed by atoms with Gasteiger partial charge in [-0.2, -0.15) is 0 Å². The molecular weight excluding hydrogens is 536 g/mol. The summed E-state index contributed by atoms with van der Waals surface area (Å²) in [5, 5.41) is 9.11. The van der Waals surface area contributed by atoms with Crippen LogP contribution in [0, 0.1) is 0 Å². The molecule has 0 spiro atoms. The molecule has 0 aromatic heterocycles. The molecule has 198 valence electrons. The summed E-state index contributed by atoms with van der Waals surface area (Å²) in [6, 6.07) is 29.3. The van der Waals surface area contributed by atoms with Crippen LogP contribution in [-0.4, -0.2) is 48.0 Å². The third-order valence-corrected chi connectivity index (χ3v) is 11.3. The monoisotopic (exact) mass is 565 g/mol. The van der Waals surface area contributed by atoms with Gasteiger partial charge < -0.3 is 30.0 Å². The summed E-state index contributed by atoms with van der Waals surface area (Å²) >= 11 is 1.40. The quantitative estimate of drug-likeness (QED) is 0.109. The number of aliphatic hydroxyl groups is 1. The Hall–Kier alpha value is -2.26. The fourth-order valence-electron chi connectivity index (χ4n) is 4.01. The molecule has 0 heterocycles. The topological polar surface area (TPSA) is 164 Å². The number of benzene rings is 3. The number of hydrogen-bond acceptors (Lipinski definition) is 5. The standard InChI is InChI=1S/C25H29NO8P2S/c27-23(26-18-10-17-24(28,35(29,30)31)36(32,33)34)19-37-25(20-11-4-1-5-12-20,21-13-6-2-7-14-21)22-15-8-3-9-16-22/h1-9,11-16,28H,10,17-19H2,(H,26,27)(H2,29,30,31)(H2,32,33,34). The second-order valence-corrected chi connectivity index (χ2v) is 13.6. The molecule has 3 aromatic rings. The molecular formula is C25H29NO8P2S. The Morgan fingerprint density at radius 2 is 1.11 bits per heavy atom. The van der Waals surface area contributed by atoms with Crippen molar-refractivity contribution in [3.05, 3.63) is 108 Å². The Morgan fingerprint density at radius 3 is 1.46 bits per heavy atom. The first-order valence-corrected chi connectivity index (χ1v) is 15.5. The lowest BCUT2D eigenvalue weighted by molar-refractivity contribution is -0.118. The minimum absolute atomic E-state index is 0.0138. The van der Waals surface area contributed by atoms with Crippen LogP contribution >= 0.6 is 27.0 Å². The van der Waals surface area contributed by atoms with Gasteiger partial charge in [0, 0.05) is 13.0 Å². The van der Waals surface area contributed by atoms with E-state index in [4.69, 9.17) is 0 Å². The molecule has 0 aliphatic heterocycles. The lowest BCUT2D eigenvalue weighted by Crippen LogP contribution is -2.33. The Morgan fingerprint density at radius 1 is 0.730 bits per heavy atom. The van der Waals surface area contributed by atoms with E-state index in [9.17, 15) is 38.6 Å². The third-order valence-electron chi connectivity index (χ3n) is 5.90. The van der Waals surface area contributed by atoms with Gasteiger partial charge in [-0.25, -0.2) is 0 Å². The van der Waals surface area contributed by atoms with Crippen molar-refractivity contribution in [3.63, 3.8) is 0 Å². The zero-order chi connectivity index (χ0) is 27.2. The van der Waals surface area contributed by atoms with Crippen molar-refractivity contribution >= 4 is 32.9 Å². The minimum Gasteiger partial charge on any atom is -0.368 e. The van der Waals surface area contributed by atoms with Crippen LogP contribution in [0.3, 0.4) is 0 Å². The normalized spacial score (nSPS) is 12.8. The van der Waals surface area contributed by atoms with Crippen molar-refractivity contribution in [3.8, 4) is 0 Å². The van der Waals surface area contributed by atoms with E-state index in [1.54, 1.807) is 0 Å². The molecule has 9 nitrogen and oxygen atoms in total. The molecule has 0 unspecified atom stereocenters. The van der Waals surface area contributed by atoms with E-state index in [1.165, 1.54) is 11.8 Å². The average molecular weight is 566 g/mol. The molecule has 0 aliphatic carbocycles. The minimum atomic E-state index is -5.53. The maximum atomic E-state index is 12.8. The van der Waals surface area contributed by atoms with Gasteiger partial charge in [-0.3, -0.25) is 13.9 Å². The van der Waals surface area contributed by atoms with Crippen LogP contribution < -0.4 is 5.32 Å². The summed E-state index contributed by atoms with van der Waals surface area (Å²) in [4.78, 5) is 49.8. The highest BCUT2D eigenvalue weighted by Gasteiger charge is 2.58. The summed E-state index contributed by atoms with van der Waals surface area (Å²) in [5.74, 6) is -0.368. The first kappa shape index (κ1) is 29.3. The number of hydrogen-bond donors (Lipinski definition) is 6. The summed E-state index contributed by atoms with van der Waals surface area (Å²) in [7, 11) is -11.1. The summed E-state index contributed by atoms with van der Waals surface area (Å²) in [6.07, 6.45) is -1.15. The van der Waals surface area contributed by atoms with Gasteiger partial charge in [0.2, 0.25) is 5.91 Å². The van der Waals surface area contributed by atoms with Gasteiger partial charge in [0.1, 0.15) is 0 Å². The zero-order valence-corrected chi connectivity index (χ0v) is 22.4. The maximum absolute atomic E-state index is 12.8. The SMILES string of the molecule is O=C(CSC(c1ccccc1)(c1ccccc1)c1ccccc1)NCCCC(O)(P(=O)(O)O)P(=O)(O)O. The summed E-state index contributed by atoms with van der Waals surface area (Å²) in [5.41, 5.74) is 2.91. The van der Waals surface area contributed by atoms with E-state index in [0.717, 1.165) is 16.7 Å². The second-order valence-electron chi connectivity index (χ2n) is 8.38. The highest BCUT2D eigenvalue weighted by molar-refractivity contribution is 8.01. The Balaban J connectivity index is 1.79. The van der Waals surface area contributed by atoms with Gasteiger partial charge in [-0.15, -0.1) is 11.8 Å². The van der Waals surface area contributed by atoms with Gasteiger partial charge in [0.05, 0.1) is 10.5 Å². The van der Waals surface area contributed by atoms with Gasteiger partial charge in [0.15, 0.2) is 0 Å². The van der Waals surface area contributed by atoms with Crippen LogP contribution in [0.5, 0.6) is 0 Å². The number of carbonyl (C=O) groups is 1. The molecule has 0 saturated carbocycles. The van der Waals surface area contributed by atoms with Crippen molar-refractivity contribution < 1.29 is 38.6 Å². The number of rotatable bonds is 12. The summed E-state index contributed by atoms with van der Waals surface area (Å²) in [6.45, 7) is -0.142. The van der Waals surface area contributed by atoms with Crippen LogP contribution in [0.2, 0.25) is 0 Å². The smallest absolute Gasteiger partial charge is 0.368 e. The maximum Gasteiger partial charge on any atom is 0.369 e. The Bertz CT molecular complexity index is 1150. The number of thioether (sulfide) groups is 1. The molecule has 37 heavy (non-hydrogen) atoms. The third kappa shape index (κ3) is 6.60.